The SMILES string of the molecule is CCOc1ccc2nc(NC(=O)CSc3ncnc4c3cnn4-c3ccccc3Cl)sc2c1. The first-order valence-electron chi connectivity index (χ1n) is 10.0. The van der Waals surface area contributed by atoms with Crippen molar-refractivity contribution < 1.29 is 9.53 Å². The number of hydrogen-bond donors (Lipinski definition) is 1. The highest BCUT2D eigenvalue weighted by atomic mass is 35.5. The number of thioether (sulfide) groups is 1. The van der Waals surface area contributed by atoms with Crippen molar-refractivity contribution in [3.63, 3.8) is 0 Å². The second kappa shape index (κ2) is 9.34. The largest absolute Gasteiger partial charge is 0.494 e. The average Bonchev–Trinajstić information content (AvgIpc) is 3.42. The van der Waals surface area contributed by atoms with Crippen LogP contribution in [-0.2, 0) is 4.79 Å². The van der Waals surface area contributed by atoms with E-state index in [-0.39, 0.29) is 11.7 Å². The molecule has 0 spiro atoms. The molecule has 3 heterocycles. The molecule has 0 aliphatic carbocycles. The standard InChI is InChI=1S/C22H17ClN6O2S2/c1-2-31-13-7-8-16-18(9-13)33-22(27-16)28-19(30)11-32-21-14-10-26-29(20(14)24-12-25-21)17-6-4-3-5-15(17)23/h3-10,12H,2,11H2,1H3,(H,27,28,30). The lowest BCUT2D eigenvalue weighted by molar-refractivity contribution is -0.113. The molecule has 0 fully saturated rings. The van der Waals surface area contributed by atoms with Crippen LogP contribution in [0.2, 0.25) is 5.02 Å². The van der Waals surface area contributed by atoms with E-state index in [1.54, 1.807) is 16.9 Å². The molecule has 3 aromatic heterocycles. The Morgan fingerprint density at radius 3 is 2.97 bits per heavy atom. The van der Waals surface area contributed by atoms with E-state index in [1.165, 1.54) is 29.4 Å². The number of rotatable bonds is 7. The Morgan fingerprint density at radius 1 is 1.24 bits per heavy atom. The second-order valence-electron chi connectivity index (χ2n) is 6.84. The van der Waals surface area contributed by atoms with E-state index in [4.69, 9.17) is 16.3 Å². The van der Waals surface area contributed by atoms with Crippen LogP contribution in [-0.4, -0.2) is 43.0 Å². The maximum atomic E-state index is 12.6. The first kappa shape index (κ1) is 21.6. The normalized spacial score (nSPS) is 11.2. The number of fused-ring (bicyclic) bond motifs is 2. The lowest BCUT2D eigenvalue weighted by Gasteiger charge is -2.06. The summed E-state index contributed by atoms with van der Waals surface area (Å²) in [6.07, 6.45) is 3.14. The molecule has 11 heteroatoms. The monoisotopic (exact) mass is 496 g/mol. The molecule has 0 aliphatic heterocycles. The highest BCUT2D eigenvalue weighted by molar-refractivity contribution is 8.00. The van der Waals surface area contributed by atoms with Gasteiger partial charge in [0.05, 0.1) is 44.9 Å². The van der Waals surface area contributed by atoms with Crippen molar-refractivity contribution in [2.24, 2.45) is 0 Å². The van der Waals surface area contributed by atoms with Gasteiger partial charge in [0.1, 0.15) is 17.1 Å². The van der Waals surface area contributed by atoms with Gasteiger partial charge in [0, 0.05) is 0 Å². The smallest absolute Gasteiger partial charge is 0.236 e. The highest BCUT2D eigenvalue weighted by Crippen LogP contribution is 2.31. The van der Waals surface area contributed by atoms with Crippen LogP contribution in [0, 0.1) is 0 Å². The molecule has 0 saturated heterocycles. The first-order chi connectivity index (χ1) is 16.1. The van der Waals surface area contributed by atoms with Crippen LogP contribution in [0.25, 0.3) is 26.9 Å². The fourth-order valence-electron chi connectivity index (χ4n) is 3.24. The summed E-state index contributed by atoms with van der Waals surface area (Å²) in [4.78, 5) is 25.7. The van der Waals surface area contributed by atoms with Gasteiger partial charge in [-0.3, -0.25) is 4.79 Å². The molecule has 0 bridgehead atoms. The maximum absolute atomic E-state index is 12.6. The van der Waals surface area contributed by atoms with E-state index in [1.807, 2.05) is 43.3 Å². The van der Waals surface area contributed by atoms with Gasteiger partial charge >= 0.3 is 0 Å². The Labute approximate surface area is 202 Å². The second-order valence-corrected chi connectivity index (χ2v) is 9.24. The van der Waals surface area contributed by atoms with Crippen LogP contribution in [0.15, 0.2) is 60.0 Å². The summed E-state index contributed by atoms with van der Waals surface area (Å²) in [5.41, 5.74) is 2.16. The summed E-state index contributed by atoms with van der Waals surface area (Å²) < 4.78 is 8.15. The molecule has 1 N–H and O–H groups in total. The van der Waals surface area contributed by atoms with Crippen molar-refractivity contribution in [2.75, 3.05) is 17.7 Å². The molecule has 8 nitrogen and oxygen atoms in total. The van der Waals surface area contributed by atoms with Gasteiger partial charge in [-0.25, -0.2) is 19.6 Å². The number of anilines is 1. The van der Waals surface area contributed by atoms with E-state index >= 15 is 0 Å². The Hall–Kier alpha value is -3.21. The van der Waals surface area contributed by atoms with Crippen molar-refractivity contribution in [1.29, 1.82) is 0 Å². The quantitative estimate of drug-likeness (QED) is 0.244. The number of para-hydroxylation sites is 1. The topological polar surface area (TPSA) is 94.8 Å². The minimum Gasteiger partial charge on any atom is -0.494 e. The first-order valence-corrected chi connectivity index (χ1v) is 12.2. The van der Waals surface area contributed by atoms with Crippen molar-refractivity contribution in [3.05, 3.63) is 60.0 Å². The van der Waals surface area contributed by atoms with Gasteiger partial charge in [-0.2, -0.15) is 5.10 Å². The summed E-state index contributed by atoms with van der Waals surface area (Å²) in [5, 5.41) is 9.82. The van der Waals surface area contributed by atoms with Gasteiger partial charge in [0.15, 0.2) is 10.8 Å². The maximum Gasteiger partial charge on any atom is 0.236 e. The zero-order valence-corrected chi connectivity index (χ0v) is 19.7. The van der Waals surface area contributed by atoms with Crippen LogP contribution >= 0.6 is 34.7 Å². The Balaban J connectivity index is 1.30. The van der Waals surface area contributed by atoms with Crippen molar-refractivity contribution in [1.82, 2.24) is 24.7 Å². The number of nitrogens with one attached hydrogen (secondary N) is 1. The number of benzene rings is 2. The minimum atomic E-state index is -0.172. The molecule has 0 aliphatic rings. The third kappa shape index (κ3) is 4.50. The van der Waals surface area contributed by atoms with Gasteiger partial charge in [-0.15, -0.1) is 0 Å². The molecule has 1 amide bonds. The molecule has 5 rings (SSSR count). The third-order valence-electron chi connectivity index (χ3n) is 4.67. The van der Waals surface area contributed by atoms with Crippen LogP contribution in [0.4, 0.5) is 5.13 Å². The van der Waals surface area contributed by atoms with Crippen LogP contribution in [0.1, 0.15) is 6.92 Å². The number of thiazole rings is 1. The fourth-order valence-corrected chi connectivity index (χ4v) is 5.13. The number of halogens is 1. The fraction of sp³-hybridized carbons (Fsp3) is 0.136. The summed E-state index contributed by atoms with van der Waals surface area (Å²) in [5.74, 6) is 0.783. The third-order valence-corrected chi connectivity index (χ3v) is 6.93. The Bertz CT molecular complexity index is 1470. The van der Waals surface area contributed by atoms with Crippen LogP contribution < -0.4 is 10.1 Å². The number of nitrogens with zero attached hydrogens (tertiary/aromatic N) is 5. The summed E-state index contributed by atoms with van der Waals surface area (Å²) >= 11 is 9.04. The number of aromatic nitrogens is 5. The molecule has 0 radical (unpaired) electrons. The van der Waals surface area contributed by atoms with Crippen LogP contribution in [0.5, 0.6) is 5.75 Å². The zero-order chi connectivity index (χ0) is 22.8. The molecule has 0 atom stereocenters. The zero-order valence-electron chi connectivity index (χ0n) is 17.4. The number of carbonyl (C=O) groups is 1. The van der Waals surface area contributed by atoms with Gasteiger partial charge < -0.3 is 10.1 Å². The number of ether oxygens (including phenoxy) is 1. The summed E-state index contributed by atoms with van der Waals surface area (Å²) in [6.45, 7) is 2.53. The number of hydrogen-bond acceptors (Lipinski definition) is 8. The number of carbonyl (C=O) groups excluding carboxylic acids is 1. The van der Waals surface area contributed by atoms with E-state index in [0.717, 1.165) is 27.0 Å². The van der Waals surface area contributed by atoms with Crippen molar-refractivity contribution in [2.45, 2.75) is 11.9 Å². The molecule has 166 valence electrons. The van der Waals surface area contributed by atoms with E-state index in [9.17, 15) is 4.79 Å². The van der Waals surface area contributed by atoms with Gasteiger partial charge in [-0.1, -0.05) is 46.8 Å². The molecule has 0 saturated carbocycles. The molecular weight excluding hydrogens is 480 g/mol. The molecule has 2 aromatic carbocycles. The van der Waals surface area contributed by atoms with E-state index in [0.29, 0.717) is 27.4 Å². The lowest BCUT2D eigenvalue weighted by Crippen LogP contribution is -2.13. The predicted octanol–water partition coefficient (Wildman–Crippen LogP) is 5.21. The Kier molecular flexibility index (Phi) is 6.12. The number of amides is 1. The average molecular weight is 497 g/mol. The van der Waals surface area contributed by atoms with E-state index < -0.39 is 0 Å². The van der Waals surface area contributed by atoms with E-state index in [2.05, 4.69) is 25.4 Å². The lowest BCUT2D eigenvalue weighted by atomic mass is 10.3. The molecule has 33 heavy (non-hydrogen) atoms. The van der Waals surface area contributed by atoms with Crippen LogP contribution in [0.3, 0.4) is 0 Å². The van der Waals surface area contributed by atoms with Gasteiger partial charge in [-0.05, 0) is 37.3 Å². The Morgan fingerprint density at radius 2 is 2.12 bits per heavy atom. The van der Waals surface area contributed by atoms with Crippen molar-refractivity contribution in [3.8, 4) is 11.4 Å². The minimum absolute atomic E-state index is 0.170. The van der Waals surface area contributed by atoms with Crippen molar-refractivity contribution >= 4 is 67.0 Å². The summed E-state index contributed by atoms with van der Waals surface area (Å²) in [6, 6.07) is 13.1. The molecule has 0 unspecified atom stereocenters. The highest BCUT2D eigenvalue weighted by Gasteiger charge is 2.15. The predicted molar refractivity (Wildman–Crippen MR) is 132 cm³/mol. The van der Waals surface area contributed by atoms with Gasteiger partial charge in [0.2, 0.25) is 5.91 Å². The summed E-state index contributed by atoms with van der Waals surface area (Å²) in [7, 11) is 0. The molecule has 5 aromatic rings. The molecular formula is C22H17ClN6O2S2. The van der Waals surface area contributed by atoms with Gasteiger partial charge in [0.25, 0.3) is 0 Å².